The standard InChI is InChI=1S/C30H31Cl2NO4/c1-4-10-24-28(34)33(25(29(35)36-5-2)20-11-7-6-8-12-20)27(30(3)17-15-22(31)16-18-30)26(37-24)21-13-9-14-23(32)19-21/h4,6-9,11-17,19,24-27H,1,5,10,18H2,2-3H3/t24-,25-,26-,27-,30?/m0/s1. The van der Waals surface area contributed by atoms with Gasteiger partial charge >= 0.3 is 5.97 Å². The number of esters is 1. The van der Waals surface area contributed by atoms with Gasteiger partial charge in [-0.15, -0.1) is 6.58 Å². The van der Waals surface area contributed by atoms with Crippen molar-refractivity contribution >= 4 is 35.1 Å². The number of morpholine rings is 1. The van der Waals surface area contributed by atoms with E-state index in [2.05, 4.69) is 13.5 Å². The average Bonchev–Trinajstić information content (AvgIpc) is 2.89. The van der Waals surface area contributed by atoms with Crippen molar-refractivity contribution in [2.75, 3.05) is 6.61 Å². The first-order valence-corrected chi connectivity index (χ1v) is 13.1. The highest BCUT2D eigenvalue weighted by Gasteiger charge is 2.54. The fraction of sp³-hybridized carbons (Fsp3) is 0.333. The van der Waals surface area contributed by atoms with E-state index in [-0.39, 0.29) is 12.5 Å². The van der Waals surface area contributed by atoms with Crippen LogP contribution in [0.1, 0.15) is 50.0 Å². The normalized spacial score (nSPS) is 26.4. The van der Waals surface area contributed by atoms with E-state index in [1.165, 1.54) is 0 Å². The Labute approximate surface area is 228 Å². The van der Waals surface area contributed by atoms with Crippen molar-refractivity contribution in [2.45, 2.75) is 51.0 Å². The maximum absolute atomic E-state index is 14.2. The number of ether oxygens (including phenoxy) is 2. The van der Waals surface area contributed by atoms with Gasteiger partial charge in [-0.3, -0.25) is 4.79 Å². The Morgan fingerprint density at radius 1 is 1.24 bits per heavy atom. The number of hydrogen-bond acceptors (Lipinski definition) is 4. The van der Waals surface area contributed by atoms with Gasteiger partial charge in [-0.05, 0) is 42.7 Å². The van der Waals surface area contributed by atoms with Crippen LogP contribution in [0.3, 0.4) is 0 Å². The molecule has 1 saturated heterocycles. The summed E-state index contributed by atoms with van der Waals surface area (Å²) in [5.74, 6) is -0.784. The predicted octanol–water partition coefficient (Wildman–Crippen LogP) is 6.95. The number of carbonyl (C=O) groups excluding carboxylic acids is 2. The average molecular weight is 540 g/mol. The first-order chi connectivity index (χ1) is 17.8. The molecule has 0 bridgehead atoms. The van der Waals surface area contributed by atoms with E-state index in [4.69, 9.17) is 32.7 Å². The summed E-state index contributed by atoms with van der Waals surface area (Å²) >= 11 is 12.7. The molecule has 2 aliphatic rings. The molecule has 1 aliphatic heterocycles. The zero-order valence-electron chi connectivity index (χ0n) is 21.0. The second kappa shape index (κ2) is 11.7. The van der Waals surface area contributed by atoms with Crippen molar-refractivity contribution in [2.24, 2.45) is 5.41 Å². The van der Waals surface area contributed by atoms with Gasteiger partial charge in [0.05, 0.1) is 12.6 Å². The molecule has 0 radical (unpaired) electrons. The molecule has 0 aromatic heterocycles. The van der Waals surface area contributed by atoms with Gasteiger partial charge in [0.25, 0.3) is 5.91 Å². The molecule has 1 fully saturated rings. The fourth-order valence-corrected chi connectivity index (χ4v) is 5.51. The molecule has 0 spiro atoms. The molecule has 1 aliphatic carbocycles. The Morgan fingerprint density at radius 3 is 2.62 bits per heavy atom. The summed E-state index contributed by atoms with van der Waals surface area (Å²) < 4.78 is 12.1. The smallest absolute Gasteiger partial charge is 0.333 e. The van der Waals surface area contributed by atoms with Crippen molar-refractivity contribution in [3.8, 4) is 0 Å². The monoisotopic (exact) mass is 539 g/mol. The highest BCUT2D eigenvalue weighted by molar-refractivity contribution is 6.31. The number of benzene rings is 2. The molecule has 2 aromatic rings. The molecule has 37 heavy (non-hydrogen) atoms. The van der Waals surface area contributed by atoms with Crippen LogP contribution in [0.5, 0.6) is 0 Å². The molecule has 1 unspecified atom stereocenters. The first-order valence-electron chi connectivity index (χ1n) is 12.4. The lowest BCUT2D eigenvalue weighted by Crippen LogP contribution is -2.62. The van der Waals surface area contributed by atoms with Crippen LogP contribution in [0, 0.1) is 5.41 Å². The van der Waals surface area contributed by atoms with E-state index in [0.717, 1.165) is 5.56 Å². The summed E-state index contributed by atoms with van der Waals surface area (Å²) in [6.07, 6.45) is 6.85. The topological polar surface area (TPSA) is 55.8 Å². The number of nitrogens with zero attached hydrogens (tertiary/aromatic N) is 1. The molecule has 0 N–H and O–H groups in total. The number of carbonyl (C=O) groups is 2. The molecule has 5 atom stereocenters. The molecular weight excluding hydrogens is 509 g/mol. The third-order valence-corrected chi connectivity index (χ3v) is 7.44. The Kier molecular flexibility index (Phi) is 8.58. The van der Waals surface area contributed by atoms with Gasteiger partial charge in [0, 0.05) is 21.9 Å². The van der Waals surface area contributed by atoms with Crippen LogP contribution in [-0.4, -0.2) is 35.5 Å². The lowest BCUT2D eigenvalue weighted by molar-refractivity contribution is -0.193. The lowest BCUT2D eigenvalue weighted by Gasteiger charge is -2.53. The van der Waals surface area contributed by atoms with Gasteiger partial charge in [-0.1, -0.05) is 90.8 Å². The molecule has 194 valence electrons. The molecule has 5 nitrogen and oxygen atoms in total. The molecule has 7 heteroatoms. The second-order valence-electron chi connectivity index (χ2n) is 9.51. The zero-order valence-corrected chi connectivity index (χ0v) is 22.5. The molecule has 0 saturated carbocycles. The summed E-state index contributed by atoms with van der Waals surface area (Å²) in [7, 11) is 0. The van der Waals surface area contributed by atoms with Crippen molar-refractivity contribution in [3.05, 3.63) is 107 Å². The number of hydrogen-bond donors (Lipinski definition) is 0. The quantitative estimate of drug-likeness (QED) is 0.269. The van der Waals surface area contributed by atoms with Crippen LogP contribution in [0.25, 0.3) is 0 Å². The summed E-state index contributed by atoms with van der Waals surface area (Å²) in [5, 5.41) is 1.18. The number of rotatable bonds is 8. The second-order valence-corrected chi connectivity index (χ2v) is 10.4. The summed E-state index contributed by atoms with van der Waals surface area (Å²) in [6, 6.07) is 15.1. The molecule has 4 rings (SSSR count). The minimum Gasteiger partial charge on any atom is -0.464 e. The van der Waals surface area contributed by atoms with Crippen LogP contribution in [0.15, 0.2) is 90.5 Å². The highest BCUT2D eigenvalue weighted by atomic mass is 35.5. The SMILES string of the molecule is C=CC[C@@H]1O[C@@H](c2cccc(Cl)c2)[C@@H](C2(C)C=CC(Cl)=CC2)N([C@H](C(=O)OCC)c2ccccc2)C1=O. The van der Waals surface area contributed by atoms with Crippen molar-refractivity contribution in [1.29, 1.82) is 0 Å². The van der Waals surface area contributed by atoms with E-state index in [1.54, 1.807) is 24.0 Å². The Balaban J connectivity index is 1.95. The third kappa shape index (κ3) is 5.69. The Hall–Kier alpha value is -2.86. The van der Waals surface area contributed by atoms with Gasteiger partial charge in [-0.2, -0.15) is 0 Å². The number of amides is 1. The van der Waals surface area contributed by atoms with Crippen molar-refractivity contribution < 1.29 is 19.1 Å². The van der Waals surface area contributed by atoms with Gasteiger partial charge < -0.3 is 14.4 Å². The predicted molar refractivity (Wildman–Crippen MR) is 146 cm³/mol. The van der Waals surface area contributed by atoms with E-state index < -0.39 is 35.7 Å². The van der Waals surface area contributed by atoms with Crippen LogP contribution < -0.4 is 0 Å². The lowest BCUT2D eigenvalue weighted by atomic mass is 9.71. The van der Waals surface area contributed by atoms with Crippen molar-refractivity contribution in [1.82, 2.24) is 4.90 Å². The number of halogens is 2. The van der Waals surface area contributed by atoms with Crippen molar-refractivity contribution in [3.63, 3.8) is 0 Å². The fourth-order valence-electron chi connectivity index (χ4n) is 5.17. The zero-order chi connectivity index (χ0) is 26.6. The Bertz CT molecular complexity index is 1210. The molecule has 1 heterocycles. The summed E-state index contributed by atoms with van der Waals surface area (Å²) in [5.41, 5.74) is 0.870. The molecule has 2 aromatic carbocycles. The van der Waals surface area contributed by atoms with Gasteiger partial charge in [0.1, 0.15) is 12.2 Å². The third-order valence-electron chi connectivity index (χ3n) is 6.92. The maximum atomic E-state index is 14.2. The molecular formula is C30H31Cl2NO4. The van der Waals surface area contributed by atoms with E-state index >= 15 is 0 Å². The highest BCUT2D eigenvalue weighted by Crippen LogP contribution is 2.49. The van der Waals surface area contributed by atoms with Crippen LogP contribution in [0.4, 0.5) is 0 Å². The van der Waals surface area contributed by atoms with E-state index in [1.807, 2.05) is 66.8 Å². The largest absolute Gasteiger partial charge is 0.464 e. The van der Waals surface area contributed by atoms with Crippen LogP contribution in [-0.2, 0) is 19.1 Å². The van der Waals surface area contributed by atoms with Crippen LogP contribution in [0.2, 0.25) is 5.02 Å². The maximum Gasteiger partial charge on any atom is 0.333 e. The minimum absolute atomic E-state index is 0.189. The summed E-state index contributed by atoms with van der Waals surface area (Å²) in [6.45, 7) is 7.82. The minimum atomic E-state index is -0.969. The summed E-state index contributed by atoms with van der Waals surface area (Å²) in [4.78, 5) is 29.5. The Morgan fingerprint density at radius 2 is 2.00 bits per heavy atom. The van der Waals surface area contributed by atoms with Crippen LogP contribution >= 0.6 is 23.2 Å². The molecule has 1 amide bonds. The van der Waals surface area contributed by atoms with E-state index in [0.29, 0.717) is 28.5 Å². The van der Waals surface area contributed by atoms with Gasteiger partial charge in [0.15, 0.2) is 6.04 Å². The first kappa shape index (κ1) is 27.2. The van der Waals surface area contributed by atoms with E-state index in [9.17, 15) is 9.59 Å². The van der Waals surface area contributed by atoms with Gasteiger partial charge in [0.2, 0.25) is 0 Å². The number of allylic oxidation sites excluding steroid dienone is 3. The van der Waals surface area contributed by atoms with Gasteiger partial charge in [-0.25, -0.2) is 4.79 Å².